The fourth-order valence-corrected chi connectivity index (χ4v) is 2.11. The maximum absolute atomic E-state index is 11.5. The quantitative estimate of drug-likeness (QED) is 0.610. The molecule has 3 N–H and O–H groups in total. The molecule has 1 aliphatic rings. The molecule has 0 aromatic heterocycles. The number of aliphatic carboxylic acids is 1. The number of ether oxygens (including phenoxy) is 1. The molecule has 6 nitrogen and oxygen atoms in total. The van der Waals surface area contributed by atoms with Crippen molar-refractivity contribution >= 4 is 12.0 Å². The minimum atomic E-state index is -1.01. The van der Waals surface area contributed by atoms with Crippen LogP contribution in [0.3, 0.4) is 0 Å². The monoisotopic (exact) mass is 272 g/mol. The summed E-state index contributed by atoms with van der Waals surface area (Å²) in [6.07, 6.45) is 4.32. The molecule has 6 heteroatoms. The van der Waals surface area contributed by atoms with Gasteiger partial charge < -0.3 is 20.5 Å². The summed E-state index contributed by atoms with van der Waals surface area (Å²) < 4.78 is 5.48. The summed E-state index contributed by atoms with van der Waals surface area (Å²) in [6.45, 7) is 4.90. The van der Waals surface area contributed by atoms with Gasteiger partial charge in [-0.15, -0.1) is 0 Å². The van der Waals surface area contributed by atoms with Gasteiger partial charge in [-0.1, -0.05) is 13.8 Å². The Kier molecular flexibility index (Phi) is 6.62. The molecule has 0 spiro atoms. The van der Waals surface area contributed by atoms with Crippen molar-refractivity contribution in [2.75, 3.05) is 13.2 Å². The molecule has 1 saturated heterocycles. The second-order valence-corrected chi connectivity index (χ2v) is 5.24. The van der Waals surface area contributed by atoms with Gasteiger partial charge in [-0.05, 0) is 31.6 Å². The van der Waals surface area contributed by atoms with Gasteiger partial charge >= 0.3 is 12.0 Å². The third-order valence-electron chi connectivity index (χ3n) is 3.23. The molecule has 2 unspecified atom stereocenters. The Labute approximate surface area is 113 Å². The second kappa shape index (κ2) is 7.99. The molecule has 0 radical (unpaired) electrons. The van der Waals surface area contributed by atoms with Crippen LogP contribution >= 0.6 is 0 Å². The second-order valence-electron chi connectivity index (χ2n) is 5.24. The van der Waals surface area contributed by atoms with Gasteiger partial charge in [0.2, 0.25) is 0 Å². The highest BCUT2D eigenvalue weighted by Crippen LogP contribution is 2.16. The van der Waals surface area contributed by atoms with Crippen LogP contribution in [0.2, 0.25) is 0 Å². The number of urea groups is 1. The summed E-state index contributed by atoms with van der Waals surface area (Å²) in [5, 5.41) is 14.1. The Morgan fingerprint density at radius 2 is 2.16 bits per heavy atom. The SMILES string of the molecule is CC(C)C(NC(=O)NCCCC1CCCO1)C(=O)O. The predicted octanol–water partition coefficient (Wildman–Crippen LogP) is 1.35. The predicted molar refractivity (Wildman–Crippen MR) is 71.0 cm³/mol. The van der Waals surface area contributed by atoms with E-state index in [4.69, 9.17) is 9.84 Å². The van der Waals surface area contributed by atoms with Crippen molar-refractivity contribution in [2.24, 2.45) is 5.92 Å². The van der Waals surface area contributed by atoms with Crippen LogP contribution in [0.1, 0.15) is 39.5 Å². The van der Waals surface area contributed by atoms with E-state index in [1.807, 2.05) is 0 Å². The maximum Gasteiger partial charge on any atom is 0.326 e. The number of carbonyl (C=O) groups is 2. The van der Waals surface area contributed by atoms with Gasteiger partial charge in [-0.3, -0.25) is 0 Å². The normalized spacial score (nSPS) is 20.3. The zero-order valence-corrected chi connectivity index (χ0v) is 11.6. The molecular weight excluding hydrogens is 248 g/mol. The largest absolute Gasteiger partial charge is 0.480 e. The minimum absolute atomic E-state index is 0.143. The van der Waals surface area contributed by atoms with Crippen LogP contribution in [0.4, 0.5) is 4.79 Å². The Bertz CT molecular complexity index is 301. The topological polar surface area (TPSA) is 87.7 Å². The molecule has 2 atom stereocenters. The van der Waals surface area contributed by atoms with Crippen LogP contribution in [-0.2, 0) is 9.53 Å². The highest BCUT2D eigenvalue weighted by Gasteiger charge is 2.23. The van der Waals surface area contributed by atoms with Crippen molar-refractivity contribution in [3.05, 3.63) is 0 Å². The highest BCUT2D eigenvalue weighted by molar-refractivity contribution is 5.82. The maximum atomic E-state index is 11.5. The molecular formula is C13H24N2O4. The molecule has 0 aromatic rings. The molecule has 19 heavy (non-hydrogen) atoms. The van der Waals surface area contributed by atoms with Gasteiger partial charge in [0.15, 0.2) is 0 Å². The van der Waals surface area contributed by atoms with Crippen molar-refractivity contribution in [3.63, 3.8) is 0 Å². The first-order valence-corrected chi connectivity index (χ1v) is 6.89. The van der Waals surface area contributed by atoms with Crippen molar-refractivity contribution in [3.8, 4) is 0 Å². The summed E-state index contributed by atoms with van der Waals surface area (Å²) >= 11 is 0. The Hall–Kier alpha value is -1.30. The zero-order chi connectivity index (χ0) is 14.3. The molecule has 0 bridgehead atoms. The number of rotatable bonds is 7. The first-order valence-electron chi connectivity index (χ1n) is 6.89. The summed E-state index contributed by atoms with van der Waals surface area (Å²) in [4.78, 5) is 22.5. The summed E-state index contributed by atoms with van der Waals surface area (Å²) in [5.74, 6) is -1.15. The van der Waals surface area contributed by atoms with Crippen molar-refractivity contribution in [1.82, 2.24) is 10.6 Å². The van der Waals surface area contributed by atoms with Crippen LogP contribution in [0.25, 0.3) is 0 Å². The summed E-state index contributed by atoms with van der Waals surface area (Å²) in [6, 6.07) is -1.27. The fourth-order valence-electron chi connectivity index (χ4n) is 2.11. The van der Waals surface area contributed by atoms with Gasteiger partial charge in [0.25, 0.3) is 0 Å². The highest BCUT2D eigenvalue weighted by atomic mass is 16.5. The Morgan fingerprint density at radius 3 is 2.68 bits per heavy atom. The van der Waals surface area contributed by atoms with Crippen LogP contribution in [0.15, 0.2) is 0 Å². The number of carbonyl (C=O) groups excluding carboxylic acids is 1. The molecule has 110 valence electrons. The fraction of sp³-hybridized carbons (Fsp3) is 0.846. The van der Waals surface area contributed by atoms with Crippen LogP contribution in [0, 0.1) is 5.92 Å². The van der Waals surface area contributed by atoms with E-state index in [0.29, 0.717) is 12.6 Å². The molecule has 0 aliphatic carbocycles. The molecule has 1 fully saturated rings. The number of nitrogens with one attached hydrogen (secondary N) is 2. The lowest BCUT2D eigenvalue weighted by Crippen LogP contribution is -2.48. The van der Waals surface area contributed by atoms with E-state index in [1.165, 1.54) is 0 Å². The van der Waals surface area contributed by atoms with Crippen LogP contribution in [0.5, 0.6) is 0 Å². The van der Waals surface area contributed by atoms with E-state index < -0.39 is 18.0 Å². The number of hydrogen-bond donors (Lipinski definition) is 3. The average Bonchev–Trinajstić information content (AvgIpc) is 2.84. The lowest BCUT2D eigenvalue weighted by molar-refractivity contribution is -0.140. The molecule has 1 aliphatic heterocycles. The number of carboxylic acid groups (broad SMARTS) is 1. The Balaban J connectivity index is 2.14. The van der Waals surface area contributed by atoms with E-state index in [9.17, 15) is 9.59 Å². The third-order valence-corrected chi connectivity index (χ3v) is 3.23. The molecule has 1 heterocycles. The third kappa shape index (κ3) is 5.92. The lowest BCUT2D eigenvalue weighted by atomic mass is 10.1. The van der Waals surface area contributed by atoms with Gasteiger partial charge in [0, 0.05) is 13.2 Å². The van der Waals surface area contributed by atoms with E-state index in [2.05, 4.69) is 10.6 Å². The summed E-state index contributed by atoms with van der Waals surface area (Å²) in [5.41, 5.74) is 0. The standard InChI is InChI=1S/C13H24N2O4/c1-9(2)11(12(16)17)15-13(18)14-7-3-5-10-6-4-8-19-10/h9-11H,3-8H2,1-2H3,(H,16,17)(H2,14,15,18). The van der Waals surface area contributed by atoms with Gasteiger partial charge in [-0.25, -0.2) is 9.59 Å². The lowest BCUT2D eigenvalue weighted by Gasteiger charge is -2.18. The average molecular weight is 272 g/mol. The zero-order valence-electron chi connectivity index (χ0n) is 11.6. The first-order chi connectivity index (χ1) is 9.00. The van der Waals surface area contributed by atoms with E-state index in [-0.39, 0.29) is 5.92 Å². The van der Waals surface area contributed by atoms with Crippen LogP contribution in [-0.4, -0.2) is 42.4 Å². The van der Waals surface area contributed by atoms with Crippen molar-refractivity contribution in [2.45, 2.75) is 51.7 Å². The molecule has 2 amide bonds. The number of amides is 2. The molecule has 0 aromatic carbocycles. The van der Waals surface area contributed by atoms with E-state index in [1.54, 1.807) is 13.8 Å². The van der Waals surface area contributed by atoms with Gasteiger partial charge in [0.1, 0.15) is 6.04 Å². The van der Waals surface area contributed by atoms with Crippen LogP contribution < -0.4 is 10.6 Å². The van der Waals surface area contributed by atoms with Crippen molar-refractivity contribution in [1.29, 1.82) is 0 Å². The molecule has 0 saturated carbocycles. The van der Waals surface area contributed by atoms with Gasteiger partial charge in [0.05, 0.1) is 6.10 Å². The number of carboxylic acids is 1. The van der Waals surface area contributed by atoms with E-state index >= 15 is 0 Å². The Morgan fingerprint density at radius 1 is 1.42 bits per heavy atom. The smallest absolute Gasteiger partial charge is 0.326 e. The first kappa shape index (κ1) is 15.8. The van der Waals surface area contributed by atoms with Crippen molar-refractivity contribution < 1.29 is 19.4 Å². The van der Waals surface area contributed by atoms with Gasteiger partial charge in [-0.2, -0.15) is 0 Å². The molecule has 1 rings (SSSR count). The van der Waals surface area contributed by atoms with E-state index in [0.717, 1.165) is 32.3 Å². The number of hydrogen-bond acceptors (Lipinski definition) is 3. The minimum Gasteiger partial charge on any atom is -0.480 e. The summed E-state index contributed by atoms with van der Waals surface area (Å²) in [7, 11) is 0.